The number of pyridine rings is 2. The van der Waals surface area contributed by atoms with Crippen LogP contribution >= 0.6 is 0 Å². The van der Waals surface area contributed by atoms with Gasteiger partial charge in [0, 0.05) is 34.2 Å². The molecule has 3 heteroatoms. The highest BCUT2D eigenvalue weighted by molar-refractivity contribution is 6.06. The Bertz CT molecular complexity index is 1060. The van der Waals surface area contributed by atoms with Crippen molar-refractivity contribution < 1.29 is 8.98 Å². The molecule has 0 radical (unpaired) electrons. The Kier molecular flexibility index (Phi) is 3.38. The molecule has 0 saturated heterocycles. The van der Waals surface area contributed by atoms with Crippen LogP contribution in [-0.4, -0.2) is 4.98 Å². The summed E-state index contributed by atoms with van der Waals surface area (Å²) in [6.07, 6.45) is 5.82. The number of benzene rings is 1. The Labute approximate surface area is 141 Å². The zero-order valence-electron chi connectivity index (χ0n) is 14.5. The average Bonchev–Trinajstić information content (AvgIpc) is 2.91. The van der Waals surface area contributed by atoms with Crippen LogP contribution in [0, 0.1) is 6.92 Å². The van der Waals surface area contributed by atoms with Crippen molar-refractivity contribution in [3.05, 3.63) is 60.0 Å². The third-order valence-electron chi connectivity index (χ3n) is 4.72. The van der Waals surface area contributed by atoms with E-state index >= 15 is 0 Å². The summed E-state index contributed by atoms with van der Waals surface area (Å²) in [6, 6.07) is 10.8. The molecular weight excluding hydrogens is 296 g/mol. The van der Waals surface area contributed by atoms with E-state index in [-0.39, 0.29) is 0 Å². The number of nitrogens with zero attached hydrogens (tertiary/aromatic N) is 2. The number of hydrogen-bond donors (Lipinski definition) is 0. The van der Waals surface area contributed by atoms with Crippen molar-refractivity contribution in [1.29, 1.82) is 0 Å². The molecular formula is C21H21N2O+. The number of fused-ring (bicyclic) bond motifs is 3. The summed E-state index contributed by atoms with van der Waals surface area (Å²) in [7, 11) is 2.11. The van der Waals surface area contributed by atoms with Crippen LogP contribution in [0.5, 0.6) is 0 Å². The largest absolute Gasteiger partial charge is 0.454 e. The van der Waals surface area contributed by atoms with Gasteiger partial charge in [-0.25, -0.2) is 4.57 Å². The lowest BCUT2D eigenvalue weighted by atomic mass is 9.99. The Morgan fingerprint density at radius 2 is 1.88 bits per heavy atom. The van der Waals surface area contributed by atoms with Gasteiger partial charge in [0.15, 0.2) is 11.8 Å². The first-order valence-electron chi connectivity index (χ1n) is 8.31. The van der Waals surface area contributed by atoms with E-state index in [2.05, 4.69) is 67.8 Å². The number of furan rings is 1. The van der Waals surface area contributed by atoms with Gasteiger partial charge in [-0.1, -0.05) is 13.8 Å². The topological polar surface area (TPSA) is 29.9 Å². The Balaban J connectivity index is 1.96. The molecule has 4 rings (SSSR count). The zero-order valence-corrected chi connectivity index (χ0v) is 14.5. The van der Waals surface area contributed by atoms with Gasteiger partial charge in [0.25, 0.3) is 0 Å². The monoisotopic (exact) mass is 317 g/mol. The maximum Gasteiger partial charge on any atom is 0.212 e. The van der Waals surface area contributed by atoms with Gasteiger partial charge in [0.2, 0.25) is 5.69 Å². The van der Waals surface area contributed by atoms with Crippen LogP contribution in [0.1, 0.15) is 30.9 Å². The van der Waals surface area contributed by atoms with Crippen molar-refractivity contribution in [2.75, 3.05) is 0 Å². The van der Waals surface area contributed by atoms with E-state index in [1.54, 1.807) is 6.20 Å². The lowest BCUT2D eigenvalue weighted by molar-refractivity contribution is -0.660. The highest BCUT2D eigenvalue weighted by Crippen LogP contribution is 2.33. The van der Waals surface area contributed by atoms with Gasteiger partial charge in [0.1, 0.15) is 12.6 Å². The van der Waals surface area contributed by atoms with E-state index in [0.29, 0.717) is 5.92 Å². The fraction of sp³-hybridized carbons (Fsp3) is 0.238. The molecule has 24 heavy (non-hydrogen) atoms. The van der Waals surface area contributed by atoms with Crippen molar-refractivity contribution >= 4 is 21.9 Å². The molecule has 1 aromatic carbocycles. The Morgan fingerprint density at radius 1 is 1.04 bits per heavy atom. The third kappa shape index (κ3) is 2.28. The third-order valence-corrected chi connectivity index (χ3v) is 4.72. The summed E-state index contributed by atoms with van der Waals surface area (Å²) < 4.78 is 8.15. The second-order valence-corrected chi connectivity index (χ2v) is 6.75. The van der Waals surface area contributed by atoms with Crippen molar-refractivity contribution in [3.8, 4) is 11.3 Å². The summed E-state index contributed by atoms with van der Waals surface area (Å²) in [5.74, 6) is 0.527. The van der Waals surface area contributed by atoms with E-state index < -0.39 is 0 Å². The van der Waals surface area contributed by atoms with Crippen LogP contribution in [0.15, 0.2) is 53.3 Å². The van der Waals surface area contributed by atoms with Crippen molar-refractivity contribution in [2.24, 2.45) is 7.05 Å². The first-order valence-corrected chi connectivity index (χ1v) is 8.31. The van der Waals surface area contributed by atoms with Crippen LogP contribution in [0.2, 0.25) is 0 Å². The molecule has 0 saturated carbocycles. The van der Waals surface area contributed by atoms with Gasteiger partial charge < -0.3 is 4.42 Å². The minimum Gasteiger partial charge on any atom is -0.454 e. The van der Waals surface area contributed by atoms with Crippen molar-refractivity contribution in [2.45, 2.75) is 26.7 Å². The minimum absolute atomic E-state index is 0.527. The maximum absolute atomic E-state index is 5.94. The molecule has 0 aliphatic carbocycles. The molecule has 0 amide bonds. The van der Waals surface area contributed by atoms with Crippen molar-refractivity contribution in [3.63, 3.8) is 0 Å². The molecule has 0 unspecified atom stereocenters. The first kappa shape index (κ1) is 14.9. The van der Waals surface area contributed by atoms with E-state index in [9.17, 15) is 0 Å². The van der Waals surface area contributed by atoms with E-state index in [1.807, 2.05) is 12.3 Å². The molecule has 0 aliphatic rings. The summed E-state index contributed by atoms with van der Waals surface area (Å²) in [5.41, 5.74) is 6.76. The van der Waals surface area contributed by atoms with E-state index in [0.717, 1.165) is 21.9 Å². The van der Waals surface area contributed by atoms with Gasteiger partial charge in [-0.3, -0.25) is 4.98 Å². The quantitative estimate of drug-likeness (QED) is 0.492. The maximum atomic E-state index is 5.94. The lowest BCUT2D eigenvalue weighted by Gasteiger charge is -2.08. The summed E-state index contributed by atoms with van der Waals surface area (Å²) in [6.45, 7) is 6.58. The SMILES string of the molecule is Cc1cc2oc3cnccc3c2cc1-c1ccc(C(C)C)c[n+]1C. The summed E-state index contributed by atoms with van der Waals surface area (Å²) >= 11 is 0. The zero-order chi connectivity index (χ0) is 16.8. The van der Waals surface area contributed by atoms with Crippen LogP contribution in [0.4, 0.5) is 0 Å². The van der Waals surface area contributed by atoms with Crippen LogP contribution < -0.4 is 4.57 Å². The van der Waals surface area contributed by atoms with Crippen LogP contribution in [0.25, 0.3) is 33.2 Å². The predicted molar refractivity (Wildman–Crippen MR) is 97.0 cm³/mol. The van der Waals surface area contributed by atoms with Crippen LogP contribution in [-0.2, 0) is 7.05 Å². The van der Waals surface area contributed by atoms with Gasteiger partial charge >= 0.3 is 0 Å². The molecule has 0 spiro atoms. The first-order chi connectivity index (χ1) is 11.5. The Hall–Kier alpha value is -2.68. The summed E-state index contributed by atoms with van der Waals surface area (Å²) in [4.78, 5) is 4.15. The number of aryl methyl sites for hydroxylation is 2. The highest BCUT2D eigenvalue weighted by Gasteiger charge is 2.17. The predicted octanol–water partition coefficient (Wildman–Crippen LogP) is 4.90. The fourth-order valence-corrected chi connectivity index (χ4v) is 3.30. The molecule has 120 valence electrons. The molecule has 3 nitrogen and oxygen atoms in total. The lowest BCUT2D eigenvalue weighted by Crippen LogP contribution is -2.31. The van der Waals surface area contributed by atoms with Crippen molar-refractivity contribution in [1.82, 2.24) is 4.98 Å². The molecule has 3 aromatic heterocycles. The number of hydrogen-bond acceptors (Lipinski definition) is 2. The normalized spacial score (nSPS) is 11.7. The second-order valence-electron chi connectivity index (χ2n) is 6.75. The number of aromatic nitrogens is 2. The van der Waals surface area contributed by atoms with E-state index in [4.69, 9.17) is 4.42 Å². The minimum atomic E-state index is 0.527. The molecule has 0 atom stereocenters. The fourth-order valence-electron chi connectivity index (χ4n) is 3.30. The molecule has 0 N–H and O–H groups in total. The second kappa shape index (κ2) is 5.45. The standard InChI is InChI=1S/C21H21N2O/c1-13(2)15-5-6-19(23(4)12-15)17-10-18-16-7-8-22-11-21(16)24-20(18)9-14(17)3/h5-13H,1-4H3/q+1. The van der Waals surface area contributed by atoms with Gasteiger partial charge in [-0.2, -0.15) is 0 Å². The molecule has 0 bridgehead atoms. The number of rotatable bonds is 2. The smallest absolute Gasteiger partial charge is 0.212 e. The highest BCUT2D eigenvalue weighted by atomic mass is 16.3. The van der Waals surface area contributed by atoms with Crippen LogP contribution in [0.3, 0.4) is 0 Å². The molecule has 0 aliphatic heterocycles. The molecule has 4 aromatic rings. The van der Waals surface area contributed by atoms with Gasteiger partial charge in [-0.15, -0.1) is 0 Å². The average molecular weight is 317 g/mol. The van der Waals surface area contributed by atoms with Gasteiger partial charge in [0.05, 0.1) is 6.20 Å². The summed E-state index contributed by atoms with van der Waals surface area (Å²) in [5, 5.41) is 2.25. The van der Waals surface area contributed by atoms with E-state index in [1.165, 1.54) is 22.4 Å². The molecule has 0 fully saturated rings. The Morgan fingerprint density at radius 3 is 2.62 bits per heavy atom. The van der Waals surface area contributed by atoms with Gasteiger partial charge in [-0.05, 0) is 42.7 Å². The molecule has 3 heterocycles.